The van der Waals surface area contributed by atoms with E-state index in [9.17, 15) is 4.79 Å². The van der Waals surface area contributed by atoms with E-state index >= 15 is 0 Å². The van der Waals surface area contributed by atoms with Gasteiger partial charge in [0.15, 0.2) is 5.69 Å². The van der Waals surface area contributed by atoms with E-state index in [0.717, 1.165) is 6.42 Å². The van der Waals surface area contributed by atoms with Gasteiger partial charge in [0.1, 0.15) is 0 Å². The number of amides is 1. The third-order valence-electron chi connectivity index (χ3n) is 2.90. The smallest absolute Gasteiger partial charge is 0.273 e. The van der Waals surface area contributed by atoms with Gasteiger partial charge in [-0.3, -0.25) is 4.79 Å². The lowest BCUT2D eigenvalue weighted by Gasteiger charge is -2.24. The minimum Gasteiger partial charge on any atom is -0.350 e. The van der Waals surface area contributed by atoms with Crippen LogP contribution in [0, 0.1) is 5.41 Å². The topological polar surface area (TPSA) is 70.7 Å². The molecule has 0 saturated heterocycles. The highest BCUT2D eigenvalue weighted by Gasteiger charge is 2.20. The van der Waals surface area contributed by atoms with Gasteiger partial charge in [-0.25, -0.2) is 0 Å². The molecule has 1 aromatic carbocycles. The molecule has 19 heavy (non-hydrogen) atoms. The van der Waals surface area contributed by atoms with E-state index in [2.05, 4.69) is 46.7 Å². The SMILES string of the molecule is CC(C)(CNC(=O)c1cn[nH]n1)Cc1ccccc1. The van der Waals surface area contributed by atoms with Gasteiger partial charge in [-0.2, -0.15) is 15.4 Å². The summed E-state index contributed by atoms with van der Waals surface area (Å²) in [6, 6.07) is 10.3. The van der Waals surface area contributed by atoms with Gasteiger partial charge in [-0.05, 0) is 17.4 Å². The van der Waals surface area contributed by atoms with Crippen LogP contribution in [0.1, 0.15) is 29.9 Å². The Morgan fingerprint density at radius 2 is 2.05 bits per heavy atom. The normalized spacial score (nSPS) is 11.3. The van der Waals surface area contributed by atoms with Gasteiger partial charge in [0.05, 0.1) is 6.20 Å². The van der Waals surface area contributed by atoms with Crippen molar-refractivity contribution in [3.05, 3.63) is 47.8 Å². The van der Waals surface area contributed by atoms with Gasteiger partial charge < -0.3 is 5.32 Å². The molecule has 2 aromatic rings. The van der Waals surface area contributed by atoms with E-state index in [1.54, 1.807) is 0 Å². The summed E-state index contributed by atoms with van der Waals surface area (Å²) in [7, 11) is 0. The standard InChI is InChI=1S/C14H18N4O/c1-14(2,8-11-6-4-3-5-7-11)10-15-13(19)12-9-16-18-17-12/h3-7,9H,8,10H2,1-2H3,(H,15,19)(H,16,17,18). The Hall–Kier alpha value is -2.17. The van der Waals surface area contributed by atoms with Crippen LogP contribution in [0.2, 0.25) is 0 Å². The number of carbonyl (C=O) groups excluding carboxylic acids is 1. The highest BCUT2D eigenvalue weighted by molar-refractivity contribution is 5.91. The van der Waals surface area contributed by atoms with Gasteiger partial charge in [-0.15, -0.1) is 0 Å². The average molecular weight is 258 g/mol. The first-order chi connectivity index (χ1) is 9.07. The van der Waals surface area contributed by atoms with Gasteiger partial charge >= 0.3 is 0 Å². The van der Waals surface area contributed by atoms with E-state index in [4.69, 9.17) is 0 Å². The zero-order chi connectivity index (χ0) is 13.7. The van der Waals surface area contributed by atoms with Gasteiger partial charge in [0.2, 0.25) is 0 Å². The molecule has 0 radical (unpaired) electrons. The van der Waals surface area contributed by atoms with E-state index in [1.165, 1.54) is 11.8 Å². The summed E-state index contributed by atoms with van der Waals surface area (Å²) in [5.41, 5.74) is 1.57. The number of aromatic amines is 1. The molecule has 0 aliphatic carbocycles. The molecule has 0 fully saturated rings. The molecule has 5 heteroatoms. The highest BCUT2D eigenvalue weighted by Crippen LogP contribution is 2.20. The molecule has 5 nitrogen and oxygen atoms in total. The van der Waals surface area contributed by atoms with Crippen LogP contribution in [0.4, 0.5) is 0 Å². The fourth-order valence-electron chi connectivity index (χ4n) is 1.93. The van der Waals surface area contributed by atoms with Gasteiger partial charge in [-0.1, -0.05) is 44.2 Å². The fraction of sp³-hybridized carbons (Fsp3) is 0.357. The van der Waals surface area contributed by atoms with Gasteiger partial charge in [0.25, 0.3) is 5.91 Å². The molecule has 0 unspecified atom stereocenters. The molecule has 1 amide bonds. The largest absolute Gasteiger partial charge is 0.350 e. The molecule has 1 aromatic heterocycles. The van der Waals surface area contributed by atoms with E-state index < -0.39 is 0 Å². The zero-order valence-electron chi connectivity index (χ0n) is 11.2. The Labute approximate surface area is 112 Å². The van der Waals surface area contributed by atoms with E-state index in [-0.39, 0.29) is 11.3 Å². The Morgan fingerprint density at radius 3 is 2.68 bits per heavy atom. The molecular formula is C14H18N4O. The Morgan fingerprint density at radius 1 is 1.32 bits per heavy atom. The van der Waals surface area contributed by atoms with Crippen molar-refractivity contribution in [2.45, 2.75) is 20.3 Å². The average Bonchev–Trinajstić information content (AvgIpc) is 2.91. The molecule has 2 rings (SSSR count). The third-order valence-corrected chi connectivity index (χ3v) is 2.90. The summed E-state index contributed by atoms with van der Waals surface area (Å²) in [5.74, 6) is -0.199. The van der Waals surface area contributed by atoms with Gasteiger partial charge in [0, 0.05) is 6.54 Å². The fourth-order valence-corrected chi connectivity index (χ4v) is 1.93. The predicted octanol–water partition coefficient (Wildman–Crippen LogP) is 1.80. The Balaban J connectivity index is 1.89. The van der Waals surface area contributed by atoms with Crippen molar-refractivity contribution >= 4 is 5.91 Å². The molecule has 0 atom stereocenters. The number of nitrogens with zero attached hydrogens (tertiary/aromatic N) is 2. The number of hydrogen-bond acceptors (Lipinski definition) is 3. The monoisotopic (exact) mass is 258 g/mol. The van der Waals surface area contributed by atoms with Crippen LogP contribution in [-0.2, 0) is 6.42 Å². The van der Waals surface area contributed by atoms with Crippen LogP contribution in [0.5, 0.6) is 0 Å². The lowest BCUT2D eigenvalue weighted by Crippen LogP contribution is -2.35. The molecule has 100 valence electrons. The molecule has 1 heterocycles. The zero-order valence-corrected chi connectivity index (χ0v) is 11.2. The number of nitrogens with one attached hydrogen (secondary N) is 2. The molecular weight excluding hydrogens is 240 g/mol. The highest BCUT2D eigenvalue weighted by atomic mass is 16.1. The Bertz CT molecular complexity index is 520. The lowest BCUT2D eigenvalue weighted by molar-refractivity contribution is 0.0931. The first kappa shape index (κ1) is 13.3. The van der Waals surface area contributed by atoms with E-state index in [0.29, 0.717) is 12.2 Å². The van der Waals surface area contributed by atoms with Crippen LogP contribution in [0.15, 0.2) is 36.5 Å². The third kappa shape index (κ3) is 3.91. The summed E-state index contributed by atoms with van der Waals surface area (Å²) in [4.78, 5) is 11.8. The minimum atomic E-state index is -0.199. The van der Waals surface area contributed by atoms with Crippen molar-refractivity contribution in [1.29, 1.82) is 0 Å². The van der Waals surface area contributed by atoms with Crippen LogP contribution in [0.3, 0.4) is 0 Å². The quantitative estimate of drug-likeness (QED) is 0.859. The van der Waals surface area contributed by atoms with Crippen molar-refractivity contribution < 1.29 is 4.79 Å². The van der Waals surface area contributed by atoms with Crippen molar-refractivity contribution in [1.82, 2.24) is 20.7 Å². The van der Waals surface area contributed by atoms with Crippen LogP contribution in [0.25, 0.3) is 0 Å². The molecule has 0 aliphatic rings. The number of hydrogen-bond donors (Lipinski definition) is 2. The summed E-state index contributed by atoms with van der Waals surface area (Å²) in [5, 5.41) is 12.7. The van der Waals surface area contributed by atoms with Crippen LogP contribution >= 0.6 is 0 Å². The number of carbonyl (C=O) groups is 1. The number of benzene rings is 1. The molecule has 0 spiro atoms. The molecule has 0 bridgehead atoms. The predicted molar refractivity (Wildman–Crippen MR) is 72.6 cm³/mol. The number of H-pyrrole nitrogens is 1. The maximum absolute atomic E-state index is 11.8. The Kier molecular flexibility index (Phi) is 3.94. The summed E-state index contributed by atoms with van der Waals surface area (Å²) < 4.78 is 0. The summed E-state index contributed by atoms with van der Waals surface area (Å²) >= 11 is 0. The number of aromatic nitrogens is 3. The molecule has 0 aliphatic heterocycles. The molecule has 2 N–H and O–H groups in total. The first-order valence-corrected chi connectivity index (χ1v) is 6.25. The number of rotatable bonds is 5. The second kappa shape index (κ2) is 5.65. The van der Waals surface area contributed by atoms with Crippen LogP contribution in [-0.4, -0.2) is 27.9 Å². The maximum atomic E-state index is 11.8. The summed E-state index contributed by atoms with van der Waals surface area (Å²) in [6.45, 7) is 4.85. The second-order valence-electron chi connectivity index (χ2n) is 5.36. The second-order valence-corrected chi connectivity index (χ2v) is 5.36. The maximum Gasteiger partial charge on any atom is 0.273 e. The minimum absolute atomic E-state index is 0.0131. The first-order valence-electron chi connectivity index (χ1n) is 6.25. The summed E-state index contributed by atoms with van der Waals surface area (Å²) in [6.07, 6.45) is 2.33. The van der Waals surface area contributed by atoms with Crippen LogP contribution < -0.4 is 5.32 Å². The van der Waals surface area contributed by atoms with Crippen molar-refractivity contribution in [2.75, 3.05) is 6.54 Å². The van der Waals surface area contributed by atoms with Crippen molar-refractivity contribution in [2.24, 2.45) is 5.41 Å². The molecule has 0 saturated carbocycles. The van der Waals surface area contributed by atoms with Crippen molar-refractivity contribution in [3.8, 4) is 0 Å². The van der Waals surface area contributed by atoms with E-state index in [1.807, 2.05) is 18.2 Å². The van der Waals surface area contributed by atoms with Crippen molar-refractivity contribution in [3.63, 3.8) is 0 Å². The lowest BCUT2D eigenvalue weighted by atomic mass is 9.85.